The maximum atomic E-state index is 9.14. The molecule has 0 amide bonds. The lowest BCUT2D eigenvalue weighted by Gasteiger charge is -2.38. The van der Waals surface area contributed by atoms with Crippen LogP contribution in [0.2, 0.25) is 0 Å². The van der Waals surface area contributed by atoms with Gasteiger partial charge in [-0.25, -0.2) is 4.98 Å². The predicted molar refractivity (Wildman–Crippen MR) is 80.3 cm³/mol. The quantitative estimate of drug-likeness (QED) is 0.829. The fourth-order valence-corrected chi connectivity index (χ4v) is 2.60. The van der Waals surface area contributed by atoms with Crippen LogP contribution in [0, 0.1) is 25.2 Å². The largest absolute Gasteiger partial charge is 0.353 e. The summed E-state index contributed by atoms with van der Waals surface area (Å²) in [5, 5.41) is 13.0. The Balaban J connectivity index is 1.85. The highest BCUT2D eigenvalue weighted by Crippen LogP contribution is 2.26. The molecule has 0 radical (unpaired) electrons. The van der Waals surface area contributed by atoms with Crippen molar-refractivity contribution in [2.75, 3.05) is 31.6 Å². The Morgan fingerprint density at radius 2 is 2.09 bits per heavy atom. The van der Waals surface area contributed by atoms with Gasteiger partial charge in [-0.3, -0.25) is 4.90 Å². The maximum absolute atomic E-state index is 9.14. The number of aromatic nitrogens is 3. The molecule has 1 aliphatic heterocycles. The third-order valence-corrected chi connectivity index (χ3v) is 3.99. The van der Waals surface area contributed by atoms with Crippen LogP contribution in [0.1, 0.15) is 29.0 Å². The summed E-state index contributed by atoms with van der Waals surface area (Å²) in [6, 6.07) is 6.06. The lowest BCUT2D eigenvalue weighted by Crippen LogP contribution is -2.47. The first kappa shape index (κ1) is 14.5. The van der Waals surface area contributed by atoms with Crippen LogP contribution < -0.4 is 4.90 Å². The van der Waals surface area contributed by atoms with Crippen LogP contribution in [0.5, 0.6) is 0 Å². The zero-order valence-electron chi connectivity index (χ0n) is 12.9. The molecule has 1 saturated heterocycles. The van der Waals surface area contributed by atoms with Crippen molar-refractivity contribution in [1.82, 2.24) is 20.0 Å². The van der Waals surface area contributed by atoms with Gasteiger partial charge in [0.05, 0.1) is 0 Å². The van der Waals surface area contributed by atoms with Crippen molar-refractivity contribution in [3.63, 3.8) is 0 Å². The zero-order chi connectivity index (χ0) is 15.7. The van der Waals surface area contributed by atoms with Crippen molar-refractivity contribution in [3.05, 3.63) is 35.1 Å². The summed E-state index contributed by atoms with van der Waals surface area (Å²) in [5.74, 6) is 2.08. The predicted octanol–water partition coefficient (Wildman–Crippen LogP) is 1.45. The number of piperazine rings is 1. The fraction of sp³-hybridized carbons (Fsp3) is 0.467. The minimum Gasteiger partial charge on any atom is -0.353 e. The van der Waals surface area contributed by atoms with Gasteiger partial charge in [-0.05, 0) is 32.5 Å². The second-order valence-corrected chi connectivity index (χ2v) is 5.57. The van der Waals surface area contributed by atoms with Crippen molar-refractivity contribution in [1.29, 1.82) is 5.26 Å². The number of pyridine rings is 1. The minimum absolute atomic E-state index is 0.0311. The minimum atomic E-state index is 0.0311. The molecule has 2 aromatic heterocycles. The van der Waals surface area contributed by atoms with Gasteiger partial charge in [-0.15, -0.1) is 0 Å². The topological polar surface area (TPSA) is 82.1 Å². The molecule has 2 aromatic rings. The van der Waals surface area contributed by atoms with Gasteiger partial charge in [-0.1, -0.05) is 11.2 Å². The van der Waals surface area contributed by atoms with Gasteiger partial charge >= 0.3 is 0 Å². The molecule has 22 heavy (non-hydrogen) atoms. The van der Waals surface area contributed by atoms with Crippen LogP contribution in [-0.2, 0) is 0 Å². The molecule has 1 atom stereocenters. The molecule has 7 heteroatoms. The Morgan fingerprint density at radius 1 is 1.27 bits per heavy atom. The van der Waals surface area contributed by atoms with E-state index in [4.69, 9.17) is 9.78 Å². The molecule has 0 N–H and O–H groups in total. The Labute approximate surface area is 129 Å². The Hall–Kier alpha value is -2.46. The number of hydrogen-bond donors (Lipinski definition) is 0. The van der Waals surface area contributed by atoms with E-state index >= 15 is 0 Å². The monoisotopic (exact) mass is 298 g/mol. The van der Waals surface area contributed by atoms with Crippen LogP contribution in [-0.4, -0.2) is 46.7 Å². The third-order valence-electron chi connectivity index (χ3n) is 3.99. The second-order valence-electron chi connectivity index (χ2n) is 5.57. The van der Waals surface area contributed by atoms with E-state index in [9.17, 15) is 0 Å². The molecule has 1 aliphatic rings. The van der Waals surface area contributed by atoms with Crippen LogP contribution >= 0.6 is 0 Å². The van der Waals surface area contributed by atoms with Crippen LogP contribution in [0.3, 0.4) is 0 Å². The summed E-state index contributed by atoms with van der Waals surface area (Å²) in [6.45, 7) is 6.13. The summed E-state index contributed by atoms with van der Waals surface area (Å²) in [7, 11) is 2.05. The summed E-state index contributed by atoms with van der Waals surface area (Å²) in [5.41, 5.74) is 1.37. The van der Waals surface area contributed by atoms with Crippen molar-refractivity contribution >= 4 is 5.82 Å². The molecule has 1 fully saturated rings. The highest BCUT2D eigenvalue weighted by Gasteiger charge is 2.30. The summed E-state index contributed by atoms with van der Waals surface area (Å²) >= 11 is 0. The Bertz CT molecular complexity index is 719. The van der Waals surface area contributed by atoms with Crippen LogP contribution in [0.15, 0.2) is 16.7 Å². The van der Waals surface area contributed by atoms with E-state index in [0.717, 1.165) is 24.5 Å². The third kappa shape index (κ3) is 2.65. The molecular weight excluding hydrogens is 280 g/mol. The number of hydrogen-bond acceptors (Lipinski definition) is 7. The first-order valence-corrected chi connectivity index (χ1v) is 7.21. The SMILES string of the molecule is Cc1noc(C2CN(c3ccc(C)c(C#N)n3)CCN2C)n1. The average Bonchev–Trinajstić information content (AvgIpc) is 2.95. The summed E-state index contributed by atoms with van der Waals surface area (Å²) in [4.78, 5) is 13.1. The first-order valence-electron chi connectivity index (χ1n) is 7.21. The van der Waals surface area contributed by atoms with Gasteiger partial charge in [0, 0.05) is 19.6 Å². The lowest BCUT2D eigenvalue weighted by atomic mass is 10.1. The van der Waals surface area contributed by atoms with Crippen LogP contribution in [0.25, 0.3) is 0 Å². The number of rotatable bonds is 2. The Kier molecular flexibility index (Phi) is 3.77. The first-order chi connectivity index (χ1) is 10.6. The molecule has 3 heterocycles. The standard InChI is InChI=1S/C15H18N6O/c1-10-4-5-14(18-12(10)8-16)21-7-6-20(3)13(9-21)15-17-11(2)19-22-15/h4-5,13H,6-7,9H2,1-3H3. The number of likely N-dealkylation sites (N-methyl/N-ethyl adjacent to an activating group) is 1. The van der Waals surface area contributed by atoms with Gasteiger partial charge in [0.1, 0.15) is 23.6 Å². The molecule has 0 saturated carbocycles. The van der Waals surface area contributed by atoms with Crippen LogP contribution in [0.4, 0.5) is 5.82 Å². The van der Waals surface area contributed by atoms with Crippen molar-refractivity contribution in [3.8, 4) is 6.07 Å². The molecule has 1 unspecified atom stereocenters. The number of aryl methyl sites for hydroxylation is 2. The highest BCUT2D eigenvalue weighted by atomic mass is 16.5. The van der Waals surface area contributed by atoms with Gasteiger partial charge < -0.3 is 9.42 Å². The molecule has 3 rings (SSSR count). The van der Waals surface area contributed by atoms with E-state index in [2.05, 4.69) is 31.0 Å². The molecule has 114 valence electrons. The van der Waals surface area contributed by atoms with E-state index < -0.39 is 0 Å². The molecule has 0 spiro atoms. The van der Waals surface area contributed by atoms with Gasteiger partial charge in [-0.2, -0.15) is 10.2 Å². The number of anilines is 1. The van der Waals surface area contributed by atoms with Crippen molar-refractivity contribution in [2.24, 2.45) is 0 Å². The van der Waals surface area contributed by atoms with Gasteiger partial charge in [0.15, 0.2) is 5.82 Å². The fourth-order valence-electron chi connectivity index (χ4n) is 2.60. The average molecular weight is 298 g/mol. The van der Waals surface area contributed by atoms with E-state index in [0.29, 0.717) is 24.0 Å². The molecule has 7 nitrogen and oxygen atoms in total. The normalized spacial score (nSPS) is 19.2. The summed E-state index contributed by atoms with van der Waals surface area (Å²) in [6.07, 6.45) is 0. The smallest absolute Gasteiger partial charge is 0.245 e. The number of nitrogens with zero attached hydrogens (tertiary/aromatic N) is 6. The zero-order valence-corrected chi connectivity index (χ0v) is 12.9. The van der Waals surface area contributed by atoms with Gasteiger partial charge in [0.25, 0.3) is 0 Å². The van der Waals surface area contributed by atoms with Gasteiger partial charge in [0.2, 0.25) is 5.89 Å². The van der Waals surface area contributed by atoms with E-state index in [1.165, 1.54) is 0 Å². The lowest BCUT2D eigenvalue weighted by molar-refractivity contribution is 0.177. The van der Waals surface area contributed by atoms with E-state index in [1.807, 2.05) is 33.0 Å². The molecule has 0 aromatic carbocycles. The van der Waals surface area contributed by atoms with Crippen molar-refractivity contribution in [2.45, 2.75) is 19.9 Å². The highest BCUT2D eigenvalue weighted by molar-refractivity contribution is 5.45. The Morgan fingerprint density at radius 3 is 2.77 bits per heavy atom. The maximum Gasteiger partial charge on any atom is 0.245 e. The molecular formula is C15H18N6O. The molecule has 0 aliphatic carbocycles. The summed E-state index contributed by atoms with van der Waals surface area (Å²) < 4.78 is 5.32. The number of nitriles is 1. The molecule has 0 bridgehead atoms. The van der Waals surface area contributed by atoms with E-state index in [-0.39, 0.29) is 6.04 Å². The van der Waals surface area contributed by atoms with Crippen molar-refractivity contribution < 1.29 is 4.52 Å². The second kappa shape index (κ2) is 5.73. The van der Waals surface area contributed by atoms with E-state index in [1.54, 1.807) is 0 Å².